The molecule has 0 aromatic heterocycles. The van der Waals surface area contributed by atoms with E-state index in [1.165, 1.54) is 18.1 Å². The molecule has 0 heterocycles. The number of nitrogens with one attached hydrogen (secondary N) is 1. The van der Waals surface area contributed by atoms with Gasteiger partial charge in [0.05, 0.1) is 5.56 Å². The average molecular weight is 496 g/mol. The summed E-state index contributed by atoms with van der Waals surface area (Å²) in [5.41, 5.74) is 5.09. The highest BCUT2D eigenvalue weighted by Gasteiger charge is 2.37. The number of benzene rings is 3. The number of hydrogen-bond acceptors (Lipinski definition) is 4. The molecule has 1 aliphatic rings. The first-order valence-electron chi connectivity index (χ1n) is 12.5. The van der Waals surface area contributed by atoms with Gasteiger partial charge in [0.25, 0.3) is 0 Å². The van der Waals surface area contributed by atoms with Crippen molar-refractivity contribution < 1.29 is 19.1 Å². The summed E-state index contributed by atoms with van der Waals surface area (Å²) in [5.74, 6) is -0.385. The predicted molar refractivity (Wildman–Crippen MR) is 147 cm³/mol. The maximum absolute atomic E-state index is 13.0. The molecule has 0 bridgehead atoms. The molecule has 1 aliphatic carbocycles. The SMILES string of the molecule is CC(=O)Nc1ccc(OC(=O)c2cccc(/C=C/C(=O)c3ccc4c(c3)C(C)(C)CCC4(C)C)c2)cc1. The molecule has 37 heavy (non-hydrogen) atoms. The van der Waals surface area contributed by atoms with Gasteiger partial charge in [0.1, 0.15) is 5.75 Å². The molecule has 0 saturated carbocycles. The van der Waals surface area contributed by atoms with Crippen LogP contribution in [-0.2, 0) is 15.6 Å². The zero-order valence-electron chi connectivity index (χ0n) is 22.1. The fraction of sp³-hybridized carbons (Fsp3) is 0.281. The van der Waals surface area contributed by atoms with E-state index in [2.05, 4.69) is 39.1 Å². The maximum Gasteiger partial charge on any atom is 0.343 e. The van der Waals surface area contributed by atoms with E-state index >= 15 is 0 Å². The molecule has 0 spiro atoms. The minimum Gasteiger partial charge on any atom is -0.423 e. The summed E-state index contributed by atoms with van der Waals surface area (Å²) in [6, 6.07) is 19.6. The molecule has 1 N–H and O–H groups in total. The highest BCUT2D eigenvalue weighted by Crippen LogP contribution is 2.45. The van der Waals surface area contributed by atoms with Crippen molar-refractivity contribution >= 4 is 29.4 Å². The summed E-state index contributed by atoms with van der Waals surface area (Å²) < 4.78 is 5.46. The summed E-state index contributed by atoms with van der Waals surface area (Å²) in [6.45, 7) is 10.4. The fourth-order valence-corrected chi connectivity index (χ4v) is 4.75. The first-order chi connectivity index (χ1) is 17.4. The van der Waals surface area contributed by atoms with Crippen molar-refractivity contribution in [3.63, 3.8) is 0 Å². The molecule has 0 radical (unpaired) electrons. The Kier molecular flexibility index (Phi) is 7.17. The van der Waals surface area contributed by atoms with Crippen LogP contribution in [-0.4, -0.2) is 17.7 Å². The second kappa shape index (κ2) is 10.2. The monoisotopic (exact) mass is 495 g/mol. The van der Waals surface area contributed by atoms with Crippen LogP contribution in [0.3, 0.4) is 0 Å². The van der Waals surface area contributed by atoms with Gasteiger partial charge in [0.15, 0.2) is 5.78 Å². The number of allylic oxidation sites excluding steroid dienone is 1. The van der Waals surface area contributed by atoms with Crippen LogP contribution in [0.25, 0.3) is 6.08 Å². The summed E-state index contributed by atoms with van der Waals surface area (Å²) in [4.78, 5) is 36.8. The lowest BCUT2D eigenvalue weighted by molar-refractivity contribution is -0.114. The highest BCUT2D eigenvalue weighted by atomic mass is 16.5. The largest absolute Gasteiger partial charge is 0.423 e. The number of esters is 1. The number of amides is 1. The maximum atomic E-state index is 13.0. The third-order valence-corrected chi connectivity index (χ3v) is 7.07. The number of ether oxygens (including phenoxy) is 1. The van der Waals surface area contributed by atoms with Gasteiger partial charge < -0.3 is 10.1 Å². The summed E-state index contributed by atoms with van der Waals surface area (Å²) >= 11 is 0. The topological polar surface area (TPSA) is 72.5 Å². The number of carbonyl (C=O) groups is 3. The Hall–Kier alpha value is -3.99. The molecule has 5 nitrogen and oxygen atoms in total. The fourth-order valence-electron chi connectivity index (χ4n) is 4.75. The molecule has 0 aliphatic heterocycles. The molecule has 3 aromatic rings. The molecule has 0 saturated heterocycles. The highest BCUT2D eigenvalue weighted by molar-refractivity contribution is 6.07. The Bertz CT molecular complexity index is 1380. The van der Waals surface area contributed by atoms with Gasteiger partial charge >= 0.3 is 5.97 Å². The quantitative estimate of drug-likeness (QED) is 0.171. The molecular formula is C32H33NO4. The van der Waals surface area contributed by atoms with Crippen molar-refractivity contribution in [3.05, 3.63) is 101 Å². The van der Waals surface area contributed by atoms with E-state index in [0.717, 1.165) is 18.4 Å². The van der Waals surface area contributed by atoms with E-state index in [1.54, 1.807) is 54.6 Å². The van der Waals surface area contributed by atoms with E-state index < -0.39 is 5.97 Å². The van der Waals surface area contributed by atoms with Crippen LogP contribution in [0.1, 0.15) is 84.9 Å². The van der Waals surface area contributed by atoms with Gasteiger partial charge in [-0.15, -0.1) is 0 Å². The van der Waals surface area contributed by atoms with E-state index in [9.17, 15) is 14.4 Å². The first-order valence-corrected chi connectivity index (χ1v) is 12.5. The molecule has 0 unspecified atom stereocenters. The zero-order valence-corrected chi connectivity index (χ0v) is 22.1. The Morgan fingerprint density at radius 1 is 0.811 bits per heavy atom. The molecule has 4 rings (SSSR count). The molecule has 0 fully saturated rings. The molecule has 3 aromatic carbocycles. The number of fused-ring (bicyclic) bond motifs is 1. The number of ketones is 1. The minimum atomic E-state index is -0.506. The Balaban J connectivity index is 1.47. The third kappa shape index (κ3) is 6.05. The number of hydrogen-bond donors (Lipinski definition) is 1. The molecule has 5 heteroatoms. The molecule has 0 atom stereocenters. The molecule has 190 valence electrons. The Labute approximate surface area is 218 Å². The summed E-state index contributed by atoms with van der Waals surface area (Å²) in [5, 5.41) is 2.67. The van der Waals surface area contributed by atoms with Crippen LogP contribution >= 0.6 is 0 Å². The number of anilines is 1. The summed E-state index contributed by atoms with van der Waals surface area (Å²) in [6.07, 6.45) is 5.48. The first kappa shape index (κ1) is 26.1. The smallest absolute Gasteiger partial charge is 0.343 e. The van der Waals surface area contributed by atoms with E-state index in [0.29, 0.717) is 22.6 Å². The van der Waals surface area contributed by atoms with Gasteiger partial charge in [-0.2, -0.15) is 0 Å². The minimum absolute atomic E-state index is 0.0316. The van der Waals surface area contributed by atoms with E-state index in [4.69, 9.17) is 4.74 Å². The van der Waals surface area contributed by atoms with Gasteiger partial charge in [-0.05, 0) is 88.9 Å². The van der Waals surface area contributed by atoms with Gasteiger partial charge in [-0.25, -0.2) is 4.79 Å². The van der Waals surface area contributed by atoms with Crippen molar-refractivity contribution in [2.45, 2.75) is 58.3 Å². The average Bonchev–Trinajstić information content (AvgIpc) is 2.86. The zero-order chi connectivity index (χ0) is 26.8. The van der Waals surface area contributed by atoms with Crippen LogP contribution in [0.4, 0.5) is 5.69 Å². The van der Waals surface area contributed by atoms with E-state index in [-0.39, 0.29) is 22.5 Å². The van der Waals surface area contributed by atoms with Gasteiger partial charge in [-0.1, -0.05) is 58.0 Å². The van der Waals surface area contributed by atoms with Crippen LogP contribution in [0, 0.1) is 0 Å². The lowest BCUT2D eigenvalue weighted by atomic mass is 9.63. The van der Waals surface area contributed by atoms with E-state index in [1.807, 2.05) is 18.2 Å². The molecular weight excluding hydrogens is 462 g/mol. The normalized spacial score (nSPS) is 15.6. The van der Waals surface area contributed by atoms with Gasteiger partial charge in [0.2, 0.25) is 5.91 Å². The predicted octanol–water partition coefficient (Wildman–Crippen LogP) is 7.11. The van der Waals surface area contributed by atoms with Gasteiger partial charge in [0, 0.05) is 18.2 Å². The van der Waals surface area contributed by atoms with Gasteiger partial charge in [-0.3, -0.25) is 9.59 Å². The second-order valence-corrected chi connectivity index (χ2v) is 10.9. The standard InChI is InChI=1S/C32H33NO4/c1-21(34)33-25-11-13-26(14-12-25)37-30(36)24-8-6-7-22(19-24)9-16-29(35)23-10-15-27-28(20-23)32(4,5)18-17-31(27,2)3/h6-16,19-20H,17-18H2,1-5H3,(H,33,34)/b16-9+. The lowest BCUT2D eigenvalue weighted by Crippen LogP contribution is -2.34. The van der Waals surface area contributed by atoms with Crippen molar-refractivity contribution in [2.24, 2.45) is 0 Å². The Morgan fingerprint density at radius 3 is 2.16 bits per heavy atom. The van der Waals surface area contributed by atoms with Crippen molar-refractivity contribution in [1.29, 1.82) is 0 Å². The summed E-state index contributed by atoms with van der Waals surface area (Å²) in [7, 11) is 0. The lowest BCUT2D eigenvalue weighted by Gasteiger charge is -2.42. The van der Waals surface area contributed by atoms with Crippen LogP contribution in [0.15, 0.2) is 72.8 Å². The number of carbonyl (C=O) groups excluding carboxylic acids is 3. The Morgan fingerprint density at radius 2 is 1.49 bits per heavy atom. The third-order valence-electron chi connectivity index (χ3n) is 7.07. The van der Waals surface area contributed by atoms with Crippen LogP contribution < -0.4 is 10.1 Å². The van der Waals surface area contributed by atoms with Crippen LogP contribution in [0.2, 0.25) is 0 Å². The second-order valence-electron chi connectivity index (χ2n) is 10.9. The molecule has 1 amide bonds. The van der Waals surface area contributed by atoms with Crippen molar-refractivity contribution in [3.8, 4) is 5.75 Å². The van der Waals surface area contributed by atoms with Crippen molar-refractivity contribution in [2.75, 3.05) is 5.32 Å². The van der Waals surface area contributed by atoms with Crippen LogP contribution in [0.5, 0.6) is 5.75 Å². The number of rotatable bonds is 6. The van der Waals surface area contributed by atoms with Crippen molar-refractivity contribution in [1.82, 2.24) is 0 Å².